The number of fused-ring (bicyclic) bond motifs is 1. The molecule has 4 rings (SSSR count). The lowest BCUT2D eigenvalue weighted by Crippen LogP contribution is -2.37. The van der Waals surface area contributed by atoms with E-state index < -0.39 is 71.7 Å². The summed E-state index contributed by atoms with van der Waals surface area (Å²) < 4.78 is 130. The maximum Gasteiger partial charge on any atom is 0.416 e. The van der Waals surface area contributed by atoms with E-state index in [4.69, 9.17) is 4.74 Å². The van der Waals surface area contributed by atoms with E-state index >= 15 is 0 Å². The summed E-state index contributed by atoms with van der Waals surface area (Å²) >= 11 is 0. The van der Waals surface area contributed by atoms with Crippen LogP contribution in [-0.2, 0) is 36.4 Å². The second kappa shape index (κ2) is 12.8. The van der Waals surface area contributed by atoms with E-state index in [2.05, 4.69) is 15.4 Å². The van der Waals surface area contributed by atoms with Crippen LogP contribution in [0.3, 0.4) is 0 Å². The first-order valence-corrected chi connectivity index (χ1v) is 14.2. The molecule has 0 aliphatic carbocycles. The zero-order valence-corrected chi connectivity index (χ0v) is 25.6. The van der Waals surface area contributed by atoms with Gasteiger partial charge in [-0.15, -0.1) is 5.10 Å². The smallest absolute Gasteiger partial charge is 0.416 e. The Kier molecular flexibility index (Phi) is 9.77. The van der Waals surface area contributed by atoms with E-state index in [1.54, 1.807) is 20.8 Å². The summed E-state index contributed by atoms with van der Waals surface area (Å²) in [4.78, 5) is 16.5. The van der Waals surface area contributed by atoms with Crippen molar-refractivity contribution in [2.24, 2.45) is 0 Å². The third-order valence-corrected chi connectivity index (χ3v) is 7.18. The number of ether oxygens (including phenoxy) is 1. The number of tetrazole rings is 1. The number of benzene rings is 2. The van der Waals surface area contributed by atoms with E-state index in [0.717, 1.165) is 15.8 Å². The lowest BCUT2D eigenvalue weighted by molar-refractivity contribution is -0.143. The van der Waals surface area contributed by atoms with Crippen LogP contribution in [0.5, 0.6) is 0 Å². The normalized spacial score (nSPS) is 16.1. The fourth-order valence-electron chi connectivity index (χ4n) is 5.24. The summed E-state index contributed by atoms with van der Waals surface area (Å²) in [6.45, 7) is 4.49. The number of anilines is 2. The van der Waals surface area contributed by atoms with Crippen LogP contribution in [0.25, 0.3) is 0 Å². The standard InChI is InChI=1S/C29H31F9N6O3/c1-16-10-20-22(6-5-7-42(25(46)47-26(2,3)4)23(20)14-21(16)29(36,37)38)43(24-39-41-44(40-24)8-9-45)15-17-11-18(27(30,31)32)13-19(12-17)28(33,34)35/h10-14,22,45H,5-9,15H2,1-4H3. The summed E-state index contributed by atoms with van der Waals surface area (Å²) in [7, 11) is 0. The van der Waals surface area contributed by atoms with Crippen molar-refractivity contribution in [1.29, 1.82) is 0 Å². The fourth-order valence-corrected chi connectivity index (χ4v) is 5.24. The Hall–Kier alpha value is -4.09. The van der Waals surface area contributed by atoms with Gasteiger partial charge in [0.05, 0.1) is 41.6 Å². The quantitative estimate of drug-likeness (QED) is 0.273. The molecule has 2 aromatic carbocycles. The third-order valence-electron chi connectivity index (χ3n) is 7.18. The molecule has 1 aliphatic rings. The van der Waals surface area contributed by atoms with Gasteiger partial charge in [0.15, 0.2) is 0 Å². The Bertz CT molecular complexity index is 1560. The Morgan fingerprint density at radius 2 is 1.57 bits per heavy atom. The number of hydrogen-bond acceptors (Lipinski definition) is 7. The molecule has 1 amide bonds. The predicted octanol–water partition coefficient (Wildman–Crippen LogP) is 7.31. The lowest BCUT2D eigenvalue weighted by atomic mass is 9.94. The molecule has 0 radical (unpaired) electrons. The predicted molar refractivity (Wildman–Crippen MR) is 149 cm³/mol. The zero-order chi connectivity index (χ0) is 35.1. The minimum Gasteiger partial charge on any atom is -0.443 e. The first-order valence-electron chi connectivity index (χ1n) is 14.2. The highest BCUT2D eigenvalue weighted by Gasteiger charge is 2.40. The number of nitrogens with zero attached hydrogens (tertiary/aromatic N) is 6. The van der Waals surface area contributed by atoms with Gasteiger partial charge in [-0.25, -0.2) is 4.79 Å². The van der Waals surface area contributed by atoms with Gasteiger partial charge in [0.2, 0.25) is 0 Å². The number of aromatic nitrogens is 4. The molecule has 18 heteroatoms. The maximum absolute atomic E-state index is 14.1. The Morgan fingerprint density at radius 1 is 0.957 bits per heavy atom. The summed E-state index contributed by atoms with van der Waals surface area (Å²) in [6.07, 6.45) is -15.9. The number of halogens is 9. The molecule has 1 aromatic heterocycles. The molecule has 0 bridgehead atoms. The summed E-state index contributed by atoms with van der Waals surface area (Å²) in [5.41, 5.74) is -6.04. The highest BCUT2D eigenvalue weighted by molar-refractivity contribution is 5.90. The molecule has 0 saturated carbocycles. The number of amides is 1. The van der Waals surface area contributed by atoms with Crippen LogP contribution >= 0.6 is 0 Å². The molecular formula is C29H31F9N6O3. The minimum absolute atomic E-state index is 0.0225. The Balaban J connectivity index is 1.94. The monoisotopic (exact) mass is 682 g/mol. The van der Waals surface area contributed by atoms with Crippen molar-refractivity contribution in [2.45, 2.75) is 83.8 Å². The van der Waals surface area contributed by atoms with Gasteiger partial charge < -0.3 is 14.7 Å². The van der Waals surface area contributed by atoms with Crippen LogP contribution in [0.2, 0.25) is 0 Å². The highest BCUT2D eigenvalue weighted by atomic mass is 19.4. The van der Waals surface area contributed by atoms with E-state index in [9.17, 15) is 49.4 Å². The van der Waals surface area contributed by atoms with Gasteiger partial charge in [0, 0.05) is 13.1 Å². The van der Waals surface area contributed by atoms with Gasteiger partial charge >= 0.3 is 24.6 Å². The molecule has 9 nitrogen and oxygen atoms in total. The number of hydrogen-bond donors (Lipinski definition) is 1. The van der Waals surface area contributed by atoms with Crippen molar-refractivity contribution >= 4 is 17.7 Å². The van der Waals surface area contributed by atoms with Crippen LogP contribution in [0, 0.1) is 6.92 Å². The van der Waals surface area contributed by atoms with Gasteiger partial charge in [-0.3, -0.25) is 4.90 Å². The number of carbonyl (C=O) groups excluding carboxylic acids is 1. The molecule has 0 saturated heterocycles. The molecule has 2 heterocycles. The zero-order valence-electron chi connectivity index (χ0n) is 25.6. The Labute approximate surface area is 262 Å². The SMILES string of the molecule is Cc1cc2c(cc1C(F)(F)F)N(C(=O)OC(C)(C)C)CCCC2N(Cc1cc(C(F)(F)F)cc(C(F)(F)F)c1)c1nnn(CCO)n1. The molecule has 3 aromatic rings. The molecule has 1 unspecified atom stereocenters. The molecule has 258 valence electrons. The second-order valence-corrected chi connectivity index (χ2v) is 12.0. The van der Waals surface area contributed by atoms with Crippen molar-refractivity contribution in [3.05, 3.63) is 63.7 Å². The maximum atomic E-state index is 14.1. The first-order chi connectivity index (χ1) is 21.6. The van der Waals surface area contributed by atoms with Crippen molar-refractivity contribution in [3.8, 4) is 0 Å². The third kappa shape index (κ3) is 8.44. The van der Waals surface area contributed by atoms with Crippen molar-refractivity contribution < 1.29 is 54.2 Å². The topological polar surface area (TPSA) is 96.6 Å². The minimum atomic E-state index is -5.14. The van der Waals surface area contributed by atoms with Gasteiger partial charge in [-0.1, -0.05) is 11.2 Å². The molecular weight excluding hydrogens is 651 g/mol. The molecule has 0 fully saturated rings. The van der Waals surface area contributed by atoms with Crippen LogP contribution in [-0.4, -0.2) is 50.2 Å². The molecule has 47 heavy (non-hydrogen) atoms. The second-order valence-electron chi connectivity index (χ2n) is 12.0. The van der Waals surface area contributed by atoms with Gasteiger partial charge in [-0.2, -0.15) is 44.3 Å². The van der Waals surface area contributed by atoms with Gasteiger partial charge in [0.25, 0.3) is 5.95 Å². The van der Waals surface area contributed by atoms with E-state index in [1.807, 2.05) is 0 Å². The summed E-state index contributed by atoms with van der Waals surface area (Å²) in [6, 6.07) is 1.91. The molecule has 1 aliphatic heterocycles. The van der Waals surface area contributed by atoms with E-state index in [1.165, 1.54) is 17.9 Å². The molecule has 1 N–H and O–H groups in total. The molecule has 0 spiro atoms. The van der Waals surface area contributed by atoms with Crippen molar-refractivity contribution in [3.63, 3.8) is 0 Å². The largest absolute Gasteiger partial charge is 0.443 e. The fraction of sp³-hybridized carbons (Fsp3) is 0.517. The number of aliphatic hydroxyl groups excluding tert-OH is 1. The van der Waals surface area contributed by atoms with Crippen LogP contribution in [0.15, 0.2) is 30.3 Å². The van der Waals surface area contributed by atoms with Gasteiger partial charge in [-0.05, 0) is 86.7 Å². The average molecular weight is 683 g/mol. The lowest BCUT2D eigenvalue weighted by Gasteiger charge is -2.33. The number of carbonyl (C=O) groups is 1. The average Bonchev–Trinajstić information content (AvgIpc) is 3.30. The molecule has 1 atom stereocenters. The summed E-state index contributed by atoms with van der Waals surface area (Å²) in [5.74, 6) is -0.288. The van der Waals surface area contributed by atoms with E-state index in [-0.39, 0.29) is 54.8 Å². The van der Waals surface area contributed by atoms with Crippen LogP contribution in [0.1, 0.15) is 73.0 Å². The number of aryl methyl sites for hydroxylation is 1. The van der Waals surface area contributed by atoms with Crippen molar-refractivity contribution in [2.75, 3.05) is 23.0 Å². The number of rotatable bonds is 6. The van der Waals surface area contributed by atoms with Crippen LogP contribution in [0.4, 0.5) is 55.9 Å². The van der Waals surface area contributed by atoms with Crippen LogP contribution < -0.4 is 9.80 Å². The first kappa shape index (κ1) is 35.8. The van der Waals surface area contributed by atoms with E-state index in [0.29, 0.717) is 12.1 Å². The summed E-state index contributed by atoms with van der Waals surface area (Å²) in [5, 5.41) is 21.1. The Morgan fingerprint density at radius 3 is 2.11 bits per heavy atom. The van der Waals surface area contributed by atoms with Crippen molar-refractivity contribution in [1.82, 2.24) is 20.2 Å². The number of aliphatic hydroxyl groups is 1. The highest BCUT2D eigenvalue weighted by Crippen LogP contribution is 2.44. The number of alkyl halides is 9. The van der Waals surface area contributed by atoms with Gasteiger partial charge in [0.1, 0.15) is 5.60 Å².